The first-order valence-corrected chi connectivity index (χ1v) is 7.87. The zero-order valence-electron chi connectivity index (χ0n) is 12.8. The highest BCUT2D eigenvalue weighted by Crippen LogP contribution is 2.23. The van der Waals surface area contributed by atoms with Crippen molar-refractivity contribution in [1.82, 2.24) is 4.90 Å². The van der Waals surface area contributed by atoms with Crippen molar-refractivity contribution >= 4 is 0 Å². The van der Waals surface area contributed by atoms with Crippen molar-refractivity contribution in [3.63, 3.8) is 0 Å². The van der Waals surface area contributed by atoms with E-state index in [2.05, 4.69) is 4.90 Å². The van der Waals surface area contributed by atoms with Gasteiger partial charge in [-0.05, 0) is 62.3 Å². The van der Waals surface area contributed by atoms with Gasteiger partial charge < -0.3 is 15.1 Å². The quantitative estimate of drug-likeness (QED) is 0.848. The molecule has 1 aliphatic rings. The summed E-state index contributed by atoms with van der Waals surface area (Å²) in [6.45, 7) is 4.84. The van der Waals surface area contributed by atoms with Gasteiger partial charge in [-0.2, -0.15) is 0 Å². The summed E-state index contributed by atoms with van der Waals surface area (Å²) in [5.74, 6) is 0.310. The third-order valence-electron chi connectivity index (χ3n) is 4.44. The first-order valence-electron chi connectivity index (χ1n) is 7.87. The first kappa shape index (κ1) is 16.4. The highest BCUT2D eigenvalue weighted by atomic mass is 19.1. The van der Waals surface area contributed by atoms with Gasteiger partial charge in [0.25, 0.3) is 0 Å². The van der Waals surface area contributed by atoms with Gasteiger partial charge in [0.1, 0.15) is 5.82 Å². The number of rotatable bonds is 6. The van der Waals surface area contributed by atoms with Crippen molar-refractivity contribution in [3.05, 3.63) is 35.1 Å². The lowest BCUT2D eigenvalue weighted by Gasteiger charge is -2.33. The Kier molecular flexibility index (Phi) is 6.15. The van der Waals surface area contributed by atoms with Crippen molar-refractivity contribution in [1.29, 1.82) is 0 Å². The van der Waals surface area contributed by atoms with Crippen molar-refractivity contribution in [3.8, 4) is 0 Å². The van der Waals surface area contributed by atoms with Crippen LogP contribution in [0.2, 0.25) is 0 Å². The Hall–Kier alpha value is -0.970. The van der Waals surface area contributed by atoms with E-state index >= 15 is 0 Å². The predicted octanol–water partition coefficient (Wildman–Crippen LogP) is 2.65. The van der Waals surface area contributed by atoms with Crippen molar-refractivity contribution in [2.24, 2.45) is 5.92 Å². The molecule has 0 saturated carbocycles. The topological polar surface area (TPSA) is 43.7 Å². The van der Waals surface area contributed by atoms with E-state index in [1.54, 1.807) is 19.1 Å². The maximum absolute atomic E-state index is 13.5. The Balaban J connectivity index is 1.82. The van der Waals surface area contributed by atoms with Crippen molar-refractivity contribution < 1.29 is 14.6 Å². The number of aryl methyl sites for hydroxylation is 1. The number of aliphatic hydroxyl groups excluding tert-OH is 2. The minimum Gasteiger partial charge on any atom is -0.396 e. The number of halogens is 1. The lowest BCUT2D eigenvalue weighted by molar-refractivity contribution is 0.110. The van der Waals surface area contributed by atoms with Gasteiger partial charge in [0.2, 0.25) is 0 Å². The van der Waals surface area contributed by atoms with Gasteiger partial charge in [0, 0.05) is 19.7 Å². The fourth-order valence-electron chi connectivity index (χ4n) is 3.06. The molecule has 1 aromatic carbocycles. The molecular weight excluding hydrogens is 269 g/mol. The van der Waals surface area contributed by atoms with E-state index < -0.39 is 6.10 Å². The SMILES string of the molecule is Cc1ccc(C(O)CCN2CCCC(CCO)C2)cc1F. The monoisotopic (exact) mass is 295 g/mol. The van der Waals surface area contributed by atoms with Gasteiger partial charge in [-0.25, -0.2) is 4.39 Å². The van der Waals surface area contributed by atoms with Crippen LogP contribution >= 0.6 is 0 Å². The molecule has 1 saturated heterocycles. The van der Waals surface area contributed by atoms with Crippen LogP contribution in [0.3, 0.4) is 0 Å². The number of hydrogen-bond donors (Lipinski definition) is 2. The summed E-state index contributed by atoms with van der Waals surface area (Å²) in [4.78, 5) is 2.34. The highest BCUT2D eigenvalue weighted by Gasteiger charge is 2.20. The summed E-state index contributed by atoms with van der Waals surface area (Å²) in [5, 5.41) is 19.2. The normalized spacial score (nSPS) is 21.4. The molecule has 2 rings (SSSR count). The Morgan fingerprint density at radius 1 is 1.43 bits per heavy atom. The van der Waals surface area contributed by atoms with E-state index in [0.29, 0.717) is 23.5 Å². The minimum atomic E-state index is -0.613. The molecule has 0 aliphatic carbocycles. The summed E-state index contributed by atoms with van der Waals surface area (Å²) in [5.41, 5.74) is 1.26. The molecule has 2 atom stereocenters. The average molecular weight is 295 g/mol. The molecule has 0 spiro atoms. The molecule has 1 aromatic rings. The zero-order valence-corrected chi connectivity index (χ0v) is 12.8. The molecule has 118 valence electrons. The van der Waals surface area contributed by atoms with E-state index in [1.807, 2.05) is 0 Å². The first-order chi connectivity index (χ1) is 10.1. The molecule has 2 unspecified atom stereocenters. The molecule has 0 aromatic heterocycles. The molecule has 1 fully saturated rings. The fourth-order valence-corrected chi connectivity index (χ4v) is 3.06. The Labute approximate surface area is 126 Å². The molecule has 1 aliphatic heterocycles. The Morgan fingerprint density at radius 3 is 2.95 bits per heavy atom. The van der Waals surface area contributed by atoms with Gasteiger partial charge in [-0.15, -0.1) is 0 Å². The number of hydrogen-bond acceptors (Lipinski definition) is 3. The van der Waals surface area contributed by atoms with Crippen LogP contribution in [0.5, 0.6) is 0 Å². The smallest absolute Gasteiger partial charge is 0.126 e. The largest absolute Gasteiger partial charge is 0.396 e. The number of nitrogens with zero attached hydrogens (tertiary/aromatic N) is 1. The van der Waals surface area contributed by atoms with Gasteiger partial charge in [0.15, 0.2) is 0 Å². The maximum Gasteiger partial charge on any atom is 0.126 e. The van der Waals surface area contributed by atoms with Gasteiger partial charge >= 0.3 is 0 Å². The van der Waals surface area contributed by atoms with Crippen LogP contribution in [0.25, 0.3) is 0 Å². The average Bonchev–Trinajstić information content (AvgIpc) is 2.48. The second kappa shape index (κ2) is 7.87. The number of piperidine rings is 1. The molecule has 3 nitrogen and oxygen atoms in total. The summed E-state index contributed by atoms with van der Waals surface area (Å²) in [7, 11) is 0. The molecule has 1 heterocycles. The second-order valence-electron chi connectivity index (χ2n) is 6.13. The predicted molar refractivity (Wildman–Crippen MR) is 81.6 cm³/mol. The summed E-state index contributed by atoms with van der Waals surface area (Å²) in [6, 6.07) is 4.95. The van der Waals surface area contributed by atoms with Crippen LogP contribution in [-0.4, -0.2) is 41.4 Å². The van der Waals surface area contributed by atoms with Gasteiger partial charge in [-0.1, -0.05) is 12.1 Å². The van der Waals surface area contributed by atoms with Crippen LogP contribution in [0.15, 0.2) is 18.2 Å². The van der Waals surface area contributed by atoms with Gasteiger partial charge in [-0.3, -0.25) is 0 Å². The third-order valence-corrected chi connectivity index (χ3v) is 4.44. The molecule has 0 bridgehead atoms. The van der Waals surface area contributed by atoms with Crippen molar-refractivity contribution in [2.75, 3.05) is 26.2 Å². The lowest BCUT2D eigenvalue weighted by Crippen LogP contribution is -2.36. The van der Waals surface area contributed by atoms with Crippen LogP contribution in [0.1, 0.15) is 42.9 Å². The summed E-state index contributed by atoms with van der Waals surface area (Å²) >= 11 is 0. The molecule has 2 N–H and O–H groups in total. The standard InChI is InChI=1S/C17H26FNO2/c1-13-4-5-15(11-16(13)18)17(21)6-9-19-8-2-3-14(12-19)7-10-20/h4-5,11,14,17,20-21H,2-3,6-10,12H2,1H3. The number of benzene rings is 1. The molecule has 0 radical (unpaired) electrons. The second-order valence-corrected chi connectivity index (χ2v) is 6.13. The van der Waals surface area contributed by atoms with E-state index in [9.17, 15) is 9.50 Å². The number of likely N-dealkylation sites (tertiary alicyclic amines) is 1. The fraction of sp³-hybridized carbons (Fsp3) is 0.647. The maximum atomic E-state index is 13.5. The third kappa shape index (κ3) is 4.77. The van der Waals surface area contributed by atoms with E-state index in [0.717, 1.165) is 32.5 Å². The number of aliphatic hydroxyl groups is 2. The molecule has 21 heavy (non-hydrogen) atoms. The van der Waals surface area contributed by atoms with Crippen LogP contribution in [-0.2, 0) is 0 Å². The lowest BCUT2D eigenvalue weighted by atomic mass is 9.94. The van der Waals surface area contributed by atoms with Crippen LogP contribution < -0.4 is 0 Å². The van der Waals surface area contributed by atoms with Crippen LogP contribution in [0, 0.1) is 18.7 Å². The van der Waals surface area contributed by atoms with Crippen molar-refractivity contribution in [2.45, 2.75) is 38.7 Å². The molecule has 4 heteroatoms. The van der Waals surface area contributed by atoms with Gasteiger partial charge in [0.05, 0.1) is 6.10 Å². The molecular formula is C17H26FNO2. The van der Waals surface area contributed by atoms with Crippen LogP contribution in [0.4, 0.5) is 4.39 Å². The molecule has 0 amide bonds. The summed E-state index contributed by atoms with van der Waals surface area (Å²) in [6.07, 6.45) is 3.21. The summed E-state index contributed by atoms with van der Waals surface area (Å²) < 4.78 is 13.5. The zero-order chi connectivity index (χ0) is 15.2. The van der Waals surface area contributed by atoms with E-state index in [1.165, 1.54) is 12.5 Å². The van der Waals surface area contributed by atoms with E-state index in [-0.39, 0.29) is 12.4 Å². The Morgan fingerprint density at radius 2 is 2.24 bits per heavy atom. The Bertz CT molecular complexity index is 450. The highest BCUT2D eigenvalue weighted by molar-refractivity contribution is 5.24. The van der Waals surface area contributed by atoms with E-state index in [4.69, 9.17) is 5.11 Å². The minimum absolute atomic E-state index is 0.254.